The van der Waals surface area contributed by atoms with Gasteiger partial charge in [0, 0.05) is 19.0 Å². The lowest BCUT2D eigenvalue weighted by Crippen LogP contribution is -2.55. The number of hydrogen-bond donors (Lipinski definition) is 2. The number of carboxylic acid groups (broad SMARTS) is 1. The van der Waals surface area contributed by atoms with Gasteiger partial charge in [-0.2, -0.15) is 0 Å². The van der Waals surface area contributed by atoms with Gasteiger partial charge < -0.3 is 15.3 Å². The molecule has 5 heteroatoms. The van der Waals surface area contributed by atoms with Crippen molar-refractivity contribution in [1.29, 1.82) is 0 Å². The first-order valence-electron chi connectivity index (χ1n) is 7.41. The van der Waals surface area contributed by atoms with Crippen molar-refractivity contribution in [1.82, 2.24) is 10.2 Å². The van der Waals surface area contributed by atoms with Gasteiger partial charge in [-0.3, -0.25) is 0 Å². The van der Waals surface area contributed by atoms with E-state index in [-0.39, 0.29) is 12.1 Å². The summed E-state index contributed by atoms with van der Waals surface area (Å²) in [5.74, 6) is -0.297. The second-order valence-corrected chi connectivity index (χ2v) is 6.18. The molecule has 1 aliphatic heterocycles. The van der Waals surface area contributed by atoms with Crippen molar-refractivity contribution in [3.05, 3.63) is 35.4 Å². The molecule has 3 rings (SSSR count). The third-order valence-electron chi connectivity index (χ3n) is 4.50. The maximum absolute atomic E-state index is 12.4. The SMILES string of the molecule is CC1CC(NC(=O)N2Cc3ccccc3C[C@@H]2C(=O)O)C1. The highest BCUT2D eigenvalue weighted by Gasteiger charge is 2.36. The number of hydrogen-bond acceptors (Lipinski definition) is 2. The first-order chi connectivity index (χ1) is 10.0. The minimum Gasteiger partial charge on any atom is -0.480 e. The van der Waals surface area contributed by atoms with E-state index in [0.717, 1.165) is 24.0 Å². The number of urea groups is 1. The second kappa shape index (κ2) is 5.39. The van der Waals surface area contributed by atoms with E-state index in [4.69, 9.17) is 0 Å². The summed E-state index contributed by atoms with van der Waals surface area (Å²) in [6.07, 6.45) is 2.34. The van der Waals surface area contributed by atoms with Crippen molar-refractivity contribution in [2.45, 2.75) is 44.8 Å². The predicted octanol–water partition coefficient (Wildman–Crippen LogP) is 2.01. The second-order valence-electron chi connectivity index (χ2n) is 6.18. The molecule has 5 nitrogen and oxygen atoms in total. The van der Waals surface area contributed by atoms with Crippen molar-refractivity contribution >= 4 is 12.0 Å². The van der Waals surface area contributed by atoms with Crippen LogP contribution in [0.25, 0.3) is 0 Å². The molecule has 1 aliphatic carbocycles. The number of carbonyl (C=O) groups is 2. The van der Waals surface area contributed by atoms with E-state index in [1.54, 1.807) is 0 Å². The molecule has 1 atom stereocenters. The van der Waals surface area contributed by atoms with Crippen LogP contribution in [0, 0.1) is 5.92 Å². The molecule has 112 valence electrons. The molecular formula is C16H20N2O3. The molecule has 0 bridgehead atoms. The third kappa shape index (κ3) is 2.73. The van der Waals surface area contributed by atoms with Gasteiger partial charge in [-0.1, -0.05) is 31.2 Å². The Kier molecular flexibility index (Phi) is 3.57. The molecule has 1 heterocycles. The molecule has 1 fully saturated rings. The Labute approximate surface area is 123 Å². The van der Waals surface area contributed by atoms with E-state index in [1.807, 2.05) is 24.3 Å². The number of carbonyl (C=O) groups excluding carboxylic acids is 1. The molecule has 2 N–H and O–H groups in total. The number of nitrogens with one attached hydrogen (secondary N) is 1. The minimum atomic E-state index is -0.943. The van der Waals surface area contributed by atoms with E-state index in [2.05, 4.69) is 12.2 Å². The first-order valence-corrected chi connectivity index (χ1v) is 7.41. The fraction of sp³-hybridized carbons (Fsp3) is 0.500. The number of aliphatic carboxylic acids is 1. The zero-order chi connectivity index (χ0) is 15.0. The van der Waals surface area contributed by atoms with Crippen molar-refractivity contribution in [3.8, 4) is 0 Å². The molecule has 0 spiro atoms. The van der Waals surface area contributed by atoms with Crippen LogP contribution in [0.4, 0.5) is 4.79 Å². The molecule has 2 aliphatic rings. The van der Waals surface area contributed by atoms with Crippen LogP contribution in [0.15, 0.2) is 24.3 Å². The fourth-order valence-electron chi connectivity index (χ4n) is 3.23. The topological polar surface area (TPSA) is 69.6 Å². The summed E-state index contributed by atoms with van der Waals surface area (Å²) in [7, 11) is 0. The van der Waals surface area contributed by atoms with Crippen LogP contribution in [0.5, 0.6) is 0 Å². The Balaban J connectivity index is 1.75. The number of benzene rings is 1. The van der Waals surface area contributed by atoms with E-state index < -0.39 is 12.0 Å². The Hall–Kier alpha value is -2.04. The predicted molar refractivity (Wildman–Crippen MR) is 77.8 cm³/mol. The maximum atomic E-state index is 12.4. The van der Waals surface area contributed by atoms with Crippen LogP contribution >= 0.6 is 0 Å². The van der Waals surface area contributed by atoms with Gasteiger partial charge in [0.15, 0.2) is 0 Å². The van der Waals surface area contributed by atoms with Crippen molar-refractivity contribution in [2.24, 2.45) is 5.92 Å². The van der Waals surface area contributed by atoms with E-state index in [1.165, 1.54) is 4.90 Å². The lowest BCUT2D eigenvalue weighted by atomic mass is 9.82. The molecule has 0 radical (unpaired) electrons. The smallest absolute Gasteiger partial charge is 0.326 e. The van der Waals surface area contributed by atoms with Crippen LogP contribution < -0.4 is 5.32 Å². The van der Waals surface area contributed by atoms with Gasteiger partial charge in [0.1, 0.15) is 6.04 Å². The normalized spacial score (nSPS) is 27.5. The molecule has 21 heavy (non-hydrogen) atoms. The quantitative estimate of drug-likeness (QED) is 0.874. The third-order valence-corrected chi connectivity index (χ3v) is 4.50. The number of amides is 2. The number of nitrogens with zero attached hydrogens (tertiary/aromatic N) is 1. The summed E-state index contributed by atoms with van der Waals surface area (Å²) in [6.45, 7) is 2.51. The zero-order valence-corrected chi connectivity index (χ0v) is 12.1. The summed E-state index contributed by atoms with van der Waals surface area (Å²) in [6, 6.07) is 6.88. The van der Waals surface area contributed by atoms with Gasteiger partial charge in [0.25, 0.3) is 0 Å². The van der Waals surface area contributed by atoms with Crippen molar-refractivity contribution < 1.29 is 14.7 Å². The average Bonchev–Trinajstić information content (AvgIpc) is 2.44. The Bertz CT molecular complexity index is 566. The number of carboxylic acids is 1. The van der Waals surface area contributed by atoms with E-state index in [0.29, 0.717) is 18.9 Å². The lowest BCUT2D eigenvalue weighted by molar-refractivity contribution is -0.142. The van der Waals surface area contributed by atoms with Gasteiger partial charge in [0.05, 0.1) is 0 Å². The maximum Gasteiger partial charge on any atom is 0.326 e. The summed E-state index contributed by atoms with van der Waals surface area (Å²) < 4.78 is 0. The summed E-state index contributed by atoms with van der Waals surface area (Å²) in [5, 5.41) is 12.4. The molecular weight excluding hydrogens is 268 g/mol. The lowest BCUT2D eigenvalue weighted by Gasteiger charge is -2.38. The van der Waals surface area contributed by atoms with Gasteiger partial charge in [-0.05, 0) is 29.9 Å². The summed E-state index contributed by atoms with van der Waals surface area (Å²) in [5.41, 5.74) is 2.05. The summed E-state index contributed by atoms with van der Waals surface area (Å²) in [4.78, 5) is 25.3. The highest BCUT2D eigenvalue weighted by Crippen LogP contribution is 2.28. The Morgan fingerprint density at radius 3 is 2.52 bits per heavy atom. The molecule has 1 aromatic rings. The first kappa shape index (κ1) is 13.9. The number of fused-ring (bicyclic) bond motifs is 1. The standard InChI is InChI=1S/C16H20N2O3/c1-10-6-13(7-10)17-16(21)18-9-12-5-3-2-4-11(12)8-14(18)15(19)20/h2-5,10,13-14H,6-9H2,1H3,(H,17,21)(H,19,20)/t10?,13?,14-/m1/s1. The zero-order valence-electron chi connectivity index (χ0n) is 12.1. The highest BCUT2D eigenvalue weighted by molar-refractivity contribution is 5.83. The molecule has 0 aromatic heterocycles. The van der Waals surface area contributed by atoms with Crippen LogP contribution in [0.1, 0.15) is 30.9 Å². The molecule has 0 saturated heterocycles. The highest BCUT2D eigenvalue weighted by atomic mass is 16.4. The summed E-state index contributed by atoms with van der Waals surface area (Å²) >= 11 is 0. The van der Waals surface area contributed by atoms with Crippen LogP contribution in [-0.4, -0.2) is 34.1 Å². The van der Waals surface area contributed by atoms with Gasteiger partial charge in [0.2, 0.25) is 0 Å². The van der Waals surface area contributed by atoms with Crippen LogP contribution in [0.3, 0.4) is 0 Å². The fourth-order valence-corrected chi connectivity index (χ4v) is 3.23. The molecule has 1 aromatic carbocycles. The largest absolute Gasteiger partial charge is 0.480 e. The van der Waals surface area contributed by atoms with Gasteiger partial charge >= 0.3 is 12.0 Å². The van der Waals surface area contributed by atoms with Crippen molar-refractivity contribution in [3.63, 3.8) is 0 Å². The van der Waals surface area contributed by atoms with E-state index in [9.17, 15) is 14.7 Å². The molecule has 0 unspecified atom stereocenters. The van der Waals surface area contributed by atoms with Gasteiger partial charge in [-0.25, -0.2) is 9.59 Å². The molecule has 2 amide bonds. The van der Waals surface area contributed by atoms with Crippen LogP contribution in [0.2, 0.25) is 0 Å². The molecule has 1 saturated carbocycles. The average molecular weight is 288 g/mol. The van der Waals surface area contributed by atoms with Crippen LogP contribution in [-0.2, 0) is 17.8 Å². The van der Waals surface area contributed by atoms with Crippen molar-refractivity contribution in [2.75, 3.05) is 0 Å². The van der Waals surface area contributed by atoms with E-state index >= 15 is 0 Å². The van der Waals surface area contributed by atoms with Gasteiger partial charge in [-0.15, -0.1) is 0 Å². The Morgan fingerprint density at radius 2 is 1.90 bits per heavy atom. The minimum absolute atomic E-state index is 0.194. The monoisotopic (exact) mass is 288 g/mol. The Morgan fingerprint density at radius 1 is 1.24 bits per heavy atom. The number of rotatable bonds is 2.